The van der Waals surface area contributed by atoms with E-state index in [-0.39, 0.29) is 25.6 Å². The molecule has 2 atom stereocenters. The van der Waals surface area contributed by atoms with Gasteiger partial charge in [0.2, 0.25) is 15.9 Å². The molecule has 0 spiro atoms. The van der Waals surface area contributed by atoms with E-state index >= 15 is 0 Å². The summed E-state index contributed by atoms with van der Waals surface area (Å²) in [7, 11) is -2.09. The molecule has 3 N–H and O–H groups in total. The number of morpholine rings is 1. The second-order valence-corrected chi connectivity index (χ2v) is 6.29. The first-order valence-corrected chi connectivity index (χ1v) is 7.49. The Morgan fingerprint density at radius 2 is 2.28 bits per heavy atom. The summed E-state index contributed by atoms with van der Waals surface area (Å²) < 4.78 is 31.2. The molecule has 0 aromatic rings. The van der Waals surface area contributed by atoms with Crippen LogP contribution in [0.1, 0.15) is 13.3 Å². The maximum absolute atomic E-state index is 12.4. The number of ether oxygens (including phenoxy) is 1. The SMILES string of the molecule is CCC(CN)S(=O)(=O)N1CCOCC1C(=O)NC. The summed E-state index contributed by atoms with van der Waals surface area (Å²) >= 11 is 0. The molecule has 0 aliphatic carbocycles. The molecule has 1 amide bonds. The molecular weight excluding hydrogens is 258 g/mol. The topological polar surface area (TPSA) is 102 Å². The summed E-state index contributed by atoms with van der Waals surface area (Å²) in [5.74, 6) is -0.356. The van der Waals surface area contributed by atoms with E-state index in [2.05, 4.69) is 5.32 Å². The molecule has 1 aliphatic rings. The van der Waals surface area contributed by atoms with Crippen molar-refractivity contribution in [3.05, 3.63) is 0 Å². The molecule has 0 bridgehead atoms. The van der Waals surface area contributed by atoms with Gasteiger partial charge in [-0.25, -0.2) is 8.42 Å². The maximum Gasteiger partial charge on any atom is 0.240 e. The van der Waals surface area contributed by atoms with Crippen LogP contribution < -0.4 is 11.1 Å². The van der Waals surface area contributed by atoms with Crippen LogP contribution in [0.4, 0.5) is 0 Å². The summed E-state index contributed by atoms with van der Waals surface area (Å²) in [6, 6.07) is -0.797. The van der Waals surface area contributed by atoms with E-state index in [1.54, 1.807) is 6.92 Å². The number of nitrogens with zero attached hydrogens (tertiary/aromatic N) is 1. The van der Waals surface area contributed by atoms with Gasteiger partial charge in [0, 0.05) is 20.1 Å². The van der Waals surface area contributed by atoms with Crippen molar-refractivity contribution in [1.82, 2.24) is 9.62 Å². The first-order chi connectivity index (χ1) is 8.48. The third kappa shape index (κ3) is 3.00. The molecule has 1 fully saturated rings. The van der Waals surface area contributed by atoms with E-state index in [0.29, 0.717) is 13.0 Å². The normalized spacial score (nSPS) is 23.6. The highest BCUT2D eigenvalue weighted by molar-refractivity contribution is 7.89. The molecule has 0 saturated carbocycles. The van der Waals surface area contributed by atoms with Gasteiger partial charge < -0.3 is 15.8 Å². The van der Waals surface area contributed by atoms with Crippen molar-refractivity contribution in [2.45, 2.75) is 24.6 Å². The fourth-order valence-electron chi connectivity index (χ4n) is 1.96. The fourth-order valence-corrected chi connectivity index (χ4v) is 3.84. The lowest BCUT2D eigenvalue weighted by atomic mass is 10.2. The zero-order valence-electron chi connectivity index (χ0n) is 10.8. The van der Waals surface area contributed by atoms with Crippen LogP contribution in [0, 0.1) is 0 Å². The maximum atomic E-state index is 12.4. The summed E-state index contributed by atoms with van der Waals surface area (Å²) in [6.45, 7) is 2.39. The molecule has 18 heavy (non-hydrogen) atoms. The standard InChI is InChI=1S/C10H21N3O4S/c1-3-8(6-11)18(15,16)13-4-5-17-7-9(13)10(14)12-2/h8-9H,3-7,11H2,1-2H3,(H,12,14). The molecule has 8 heteroatoms. The van der Waals surface area contributed by atoms with Crippen LogP contribution in [0.3, 0.4) is 0 Å². The number of carbonyl (C=O) groups excluding carboxylic acids is 1. The highest BCUT2D eigenvalue weighted by Crippen LogP contribution is 2.18. The Morgan fingerprint density at radius 3 is 2.78 bits per heavy atom. The predicted octanol–water partition coefficient (Wildman–Crippen LogP) is -1.50. The van der Waals surface area contributed by atoms with Gasteiger partial charge in [0.1, 0.15) is 6.04 Å². The highest BCUT2D eigenvalue weighted by Gasteiger charge is 2.40. The third-order valence-corrected chi connectivity index (χ3v) is 5.55. The van der Waals surface area contributed by atoms with Crippen LogP contribution in [-0.4, -0.2) is 63.3 Å². The molecular formula is C10H21N3O4S. The number of amides is 1. The van der Waals surface area contributed by atoms with Crippen molar-refractivity contribution in [3.8, 4) is 0 Å². The van der Waals surface area contributed by atoms with Crippen LogP contribution in [0.2, 0.25) is 0 Å². The van der Waals surface area contributed by atoms with Crippen LogP contribution in [0.15, 0.2) is 0 Å². The number of hydrogen-bond acceptors (Lipinski definition) is 5. The van der Waals surface area contributed by atoms with Gasteiger partial charge in [-0.3, -0.25) is 4.79 Å². The Bertz CT molecular complexity index is 381. The molecule has 1 heterocycles. The number of rotatable bonds is 5. The van der Waals surface area contributed by atoms with Gasteiger partial charge in [-0.15, -0.1) is 0 Å². The zero-order valence-corrected chi connectivity index (χ0v) is 11.6. The summed E-state index contributed by atoms with van der Waals surface area (Å²) in [6.07, 6.45) is 0.427. The van der Waals surface area contributed by atoms with E-state index in [4.69, 9.17) is 10.5 Å². The number of sulfonamides is 1. The molecule has 106 valence electrons. The second kappa shape index (κ2) is 6.46. The quantitative estimate of drug-likeness (QED) is 0.638. The average Bonchev–Trinajstić information content (AvgIpc) is 2.39. The first kappa shape index (κ1) is 15.4. The molecule has 0 radical (unpaired) electrons. The van der Waals surface area contributed by atoms with E-state index in [9.17, 15) is 13.2 Å². The minimum absolute atomic E-state index is 0.0522. The zero-order chi connectivity index (χ0) is 13.8. The van der Waals surface area contributed by atoms with Gasteiger partial charge in [0.25, 0.3) is 0 Å². The molecule has 2 unspecified atom stereocenters. The molecule has 7 nitrogen and oxygen atoms in total. The van der Waals surface area contributed by atoms with Crippen molar-refractivity contribution >= 4 is 15.9 Å². The van der Waals surface area contributed by atoms with Gasteiger partial charge in [-0.1, -0.05) is 6.92 Å². The van der Waals surface area contributed by atoms with Gasteiger partial charge in [-0.05, 0) is 6.42 Å². The monoisotopic (exact) mass is 279 g/mol. The number of nitrogens with one attached hydrogen (secondary N) is 1. The Balaban J connectivity index is 2.99. The Labute approximate surface area is 108 Å². The number of carbonyl (C=O) groups is 1. The second-order valence-electron chi connectivity index (χ2n) is 4.13. The van der Waals surface area contributed by atoms with Crippen LogP contribution in [0.5, 0.6) is 0 Å². The Hall–Kier alpha value is -0.700. The summed E-state index contributed by atoms with van der Waals surface area (Å²) in [5, 5.41) is 1.81. The van der Waals surface area contributed by atoms with Gasteiger partial charge in [0.05, 0.1) is 18.5 Å². The minimum Gasteiger partial charge on any atom is -0.378 e. The Kier molecular flexibility index (Phi) is 5.51. The van der Waals surface area contributed by atoms with E-state index in [1.807, 2.05) is 0 Å². The first-order valence-electron chi connectivity index (χ1n) is 5.99. The lowest BCUT2D eigenvalue weighted by Gasteiger charge is -2.35. The van der Waals surface area contributed by atoms with E-state index in [1.165, 1.54) is 11.4 Å². The smallest absolute Gasteiger partial charge is 0.240 e. The van der Waals surface area contributed by atoms with Crippen LogP contribution >= 0.6 is 0 Å². The molecule has 1 saturated heterocycles. The number of hydrogen-bond donors (Lipinski definition) is 2. The number of likely N-dealkylation sites (N-methyl/N-ethyl adjacent to an activating group) is 1. The molecule has 1 aliphatic heterocycles. The predicted molar refractivity (Wildman–Crippen MR) is 67.4 cm³/mol. The van der Waals surface area contributed by atoms with Crippen molar-refractivity contribution < 1.29 is 17.9 Å². The van der Waals surface area contributed by atoms with Crippen LogP contribution in [0.25, 0.3) is 0 Å². The minimum atomic E-state index is -3.56. The van der Waals surface area contributed by atoms with Crippen LogP contribution in [-0.2, 0) is 19.6 Å². The largest absolute Gasteiger partial charge is 0.378 e. The van der Waals surface area contributed by atoms with Gasteiger partial charge in [0.15, 0.2) is 0 Å². The summed E-state index contributed by atoms with van der Waals surface area (Å²) in [5.41, 5.74) is 5.49. The molecule has 0 aromatic heterocycles. The lowest BCUT2D eigenvalue weighted by molar-refractivity contribution is -0.128. The summed E-state index contributed by atoms with van der Waals surface area (Å²) in [4.78, 5) is 11.7. The number of nitrogens with two attached hydrogens (primary N) is 1. The van der Waals surface area contributed by atoms with Crippen molar-refractivity contribution in [3.63, 3.8) is 0 Å². The Morgan fingerprint density at radius 1 is 1.61 bits per heavy atom. The third-order valence-electron chi connectivity index (χ3n) is 3.09. The highest BCUT2D eigenvalue weighted by atomic mass is 32.2. The lowest BCUT2D eigenvalue weighted by Crippen LogP contribution is -2.57. The molecule has 0 aromatic carbocycles. The van der Waals surface area contributed by atoms with Gasteiger partial charge in [-0.2, -0.15) is 4.31 Å². The van der Waals surface area contributed by atoms with Crippen molar-refractivity contribution in [2.75, 3.05) is 33.4 Å². The fraction of sp³-hybridized carbons (Fsp3) is 0.900. The van der Waals surface area contributed by atoms with Crippen molar-refractivity contribution in [2.24, 2.45) is 5.73 Å². The van der Waals surface area contributed by atoms with E-state index < -0.39 is 21.3 Å². The van der Waals surface area contributed by atoms with Gasteiger partial charge >= 0.3 is 0 Å². The van der Waals surface area contributed by atoms with Crippen molar-refractivity contribution in [1.29, 1.82) is 0 Å². The molecule has 1 rings (SSSR count). The van der Waals surface area contributed by atoms with E-state index in [0.717, 1.165) is 0 Å². The average molecular weight is 279 g/mol.